The van der Waals surface area contributed by atoms with E-state index in [4.69, 9.17) is 4.74 Å². The van der Waals surface area contributed by atoms with Gasteiger partial charge in [0.25, 0.3) is 5.91 Å². The van der Waals surface area contributed by atoms with Crippen LogP contribution in [-0.2, 0) is 11.2 Å². The number of ether oxygens (including phenoxy) is 1. The van der Waals surface area contributed by atoms with Gasteiger partial charge in [-0.25, -0.2) is 4.98 Å². The van der Waals surface area contributed by atoms with E-state index in [9.17, 15) is 4.79 Å². The lowest BCUT2D eigenvalue weighted by Gasteiger charge is -2.17. The van der Waals surface area contributed by atoms with Crippen LogP contribution in [0.15, 0.2) is 12.4 Å². The van der Waals surface area contributed by atoms with Gasteiger partial charge >= 0.3 is 0 Å². The number of hydrogen-bond acceptors (Lipinski definition) is 5. The van der Waals surface area contributed by atoms with Crippen LogP contribution in [0, 0.1) is 0 Å². The number of rotatable bonds is 5. The Morgan fingerprint density at radius 2 is 2.00 bits per heavy atom. The van der Waals surface area contributed by atoms with Gasteiger partial charge in [0, 0.05) is 32.3 Å². The number of carbonyl (C=O) groups is 1. The van der Waals surface area contributed by atoms with Crippen LogP contribution in [0.3, 0.4) is 0 Å². The molecular formula is C17H26N4O2. The number of amides is 1. The van der Waals surface area contributed by atoms with Crippen molar-refractivity contribution in [2.75, 3.05) is 33.7 Å². The highest BCUT2D eigenvalue weighted by molar-refractivity contribution is 5.92. The van der Waals surface area contributed by atoms with E-state index in [1.54, 1.807) is 12.4 Å². The third kappa shape index (κ3) is 4.26. The van der Waals surface area contributed by atoms with Crippen LogP contribution < -0.4 is 0 Å². The molecule has 3 rings (SSSR count). The third-order valence-corrected chi connectivity index (χ3v) is 4.50. The number of hydrogen-bond donors (Lipinski definition) is 0. The van der Waals surface area contributed by atoms with Crippen molar-refractivity contribution < 1.29 is 9.53 Å². The van der Waals surface area contributed by atoms with Crippen molar-refractivity contribution in [2.45, 2.75) is 44.3 Å². The maximum atomic E-state index is 12.4. The molecule has 2 aliphatic rings. The fourth-order valence-electron chi connectivity index (χ4n) is 3.40. The second-order valence-electron chi connectivity index (χ2n) is 6.82. The summed E-state index contributed by atoms with van der Waals surface area (Å²) in [5.41, 5.74) is 1.32. The lowest BCUT2D eigenvalue weighted by atomic mass is 10.1. The van der Waals surface area contributed by atoms with E-state index in [-0.39, 0.29) is 12.0 Å². The summed E-state index contributed by atoms with van der Waals surface area (Å²) in [7, 11) is 4.13. The second kappa shape index (κ2) is 7.36. The Labute approximate surface area is 137 Å². The van der Waals surface area contributed by atoms with Crippen LogP contribution in [0.5, 0.6) is 0 Å². The first kappa shape index (κ1) is 16.3. The van der Waals surface area contributed by atoms with Crippen molar-refractivity contribution in [3.05, 3.63) is 23.8 Å². The zero-order chi connectivity index (χ0) is 16.2. The molecule has 0 bridgehead atoms. The number of nitrogens with zero attached hydrogens (tertiary/aromatic N) is 4. The summed E-state index contributed by atoms with van der Waals surface area (Å²) >= 11 is 0. The molecule has 126 valence electrons. The fraction of sp³-hybridized carbons (Fsp3) is 0.706. The highest BCUT2D eigenvalue weighted by atomic mass is 16.5. The quantitative estimate of drug-likeness (QED) is 0.820. The van der Waals surface area contributed by atoms with Gasteiger partial charge in [-0.05, 0) is 39.8 Å². The molecular weight excluding hydrogens is 292 g/mol. The van der Waals surface area contributed by atoms with Crippen LogP contribution >= 0.6 is 0 Å². The van der Waals surface area contributed by atoms with E-state index in [0.717, 1.165) is 57.4 Å². The first-order valence-electron chi connectivity index (χ1n) is 8.52. The Morgan fingerprint density at radius 3 is 2.74 bits per heavy atom. The molecule has 2 saturated heterocycles. The SMILES string of the molecule is CN(C)C[C@H]1CC[C@@H](Cc2cncc(C(=O)N3CCCC3)n2)O1. The van der Waals surface area contributed by atoms with Gasteiger partial charge in [-0.3, -0.25) is 9.78 Å². The minimum atomic E-state index is 0.00896. The normalized spacial score (nSPS) is 24.6. The highest BCUT2D eigenvalue weighted by Crippen LogP contribution is 2.23. The maximum Gasteiger partial charge on any atom is 0.274 e. The van der Waals surface area contributed by atoms with Crippen LogP contribution in [0.25, 0.3) is 0 Å². The van der Waals surface area contributed by atoms with E-state index < -0.39 is 0 Å². The summed E-state index contributed by atoms with van der Waals surface area (Å²) in [5.74, 6) is 0.00896. The lowest BCUT2D eigenvalue weighted by molar-refractivity contribution is 0.0312. The summed E-state index contributed by atoms with van der Waals surface area (Å²) in [4.78, 5) is 25.2. The van der Waals surface area contributed by atoms with Crippen molar-refractivity contribution in [1.82, 2.24) is 19.8 Å². The molecule has 0 N–H and O–H groups in total. The minimum Gasteiger partial charge on any atom is -0.373 e. The number of likely N-dealkylation sites (tertiary alicyclic amines) is 1. The monoisotopic (exact) mass is 318 g/mol. The van der Waals surface area contributed by atoms with Gasteiger partial charge < -0.3 is 14.5 Å². The molecule has 6 nitrogen and oxygen atoms in total. The van der Waals surface area contributed by atoms with Crippen molar-refractivity contribution >= 4 is 5.91 Å². The molecule has 1 aromatic heterocycles. The van der Waals surface area contributed by atoms with Crippen LogP contribution in [-0.4, -0.2) is 71.6 Å². The van der Waals surface area contributed by atoms with Crippen molar-refractivity contribution in [2.24, 2.45) is 0 Å². The minimum absolute atomic E-state index is 0.00896. The highest BCUT2D eigenvalue weighted by Gasteiger charge is 2.27. The molecule has 0 spiro atoms. The number of likely N-dealkylation sites (N-methyl/N-ethyl adjacent to an activating group) is 1. The summed E-state index contributed by atoms with van der Waals surface area (Å²) in [6.07, 6.45) is 8.86. The predicted octanol–water partition coefficient (Wildman–Crippen LogP) is 1.36. The smallest absolute Gasteiger partial charge is 0.274 e. The van der Waals surface area contributed by atoms with E-state index in [0.29, 0.717) is 11.8 Å². The second-order valence-corrected chi connectivity index (χ2v) is 6.82. The molecule has 0 radical (unpaired) electrons. The predicted molar refractivity (Wildman–Crippen MR) is 87.3 cm³/mol. The molecule has 0 aliphatic carbocycles. The van der Waals surface area contributed by atoms with Crippen molar-refractivity contribution in [3.8, 4) is 0 Å². The average molecular weight is 318 g/mol. The Hall–Kier alpha value is -1.53. The summed E-state index contributed by atoms with van der Waals surface area (Å²) in [6, 6.07) is 0. The molecule has 0 aromatic carbocycles. The third-order valence-electron chi connectivity index (χ3n) is 4.50. The molecule has 0 unspecified atom stereocenters. The molecule has 1 amide bonds. The molecule has 2 atom stereocenters. The molecule has 6 heteroatoms. The van der Waals surface area contributed by atoms with Gasteiger partial charge in [-0.1, -0.05) is 0 Å². The first-order valence-corrected chi connectivity index (χ1v) is 8.52. The van der Waals surface area contributed by atoms with Crippen LogP contribution in [0.1, 0.15) is 41.9 Å². The molecule has 1 aromatic rings. The number of aromatic nitrogens is 2. The van der Waals surface area contributed by atoms with Gasteiger partial charge in [0.1, 0.15) is 5.69 Å². The average Bonchev–Trinajstić information content (AvgIpc) is 3.18. The zero-order valence-corrected chi connectivity index (χ0v) is 14.1. The standard InChI is InChI=1S/C17H26N4O2/c1-20(2)12-15-6-5-14(23-15)9-13-10-18-11-16(19-13)17(22)21-7-3-4-8-21/h10-11,14-15H,3-9,12H2,1-2H3/t14-,15+/m0/s1. The van der Waals surface area contributed by atoms with E-state index in [1.165, 1.54) is 0 Å². The summed E-state index contributed by atoms with van der Waals surface area (Å²) < 4.78 is 6.07. The summed E-state index contributed by atoms with van der Waals surface area (Å²) in [5, 5.41) is 0. The van der Waals surface area contributed by atoms with Gasteiger partial charge in [0.2, 0.25) is 0 Å². The Bertz CT molecular complexity index is 543. The fourth-order valence-corrected chi connectivity index (χ4v) is 3.40. The summed E-state index contributed by atoms with van der Waals surface area (Å²) in [6.45, 7) is 2.63. The Kier molecular flexibility index (Phi) is 5.23. The van der Waals surface area contributed by atoms with Gasteiger partial charge in [0.15, 0.2) is 0 Å². The van der Waals surface area contributed by atoms with E-state index >= 15 is 0 Å². The van der Waals surface area contributed by atoms with Gasteiger partial charge in [-0.15, -0.1) is 0 Å². The van der Waals surface area contributed by atoms with E-state index in [1.807, 2.05) is 4.90 Å². The molecule has 0 saturated carbocycles. The zero-order valence-electron chi connectivity index (χ0n) is 14.1. The topological polar surface area (TPSA) is 58.6 Å². The van der Waals surface area contributed by atoms with Crippen molar-refractivity contribution in [1.29, 1.82) is 0 Å². The van der Waals surface area contributed by atoms with Gasteiger partial charge in [0.05, 0.1) is 24.1 Å². The maximum absolute atomic E-state index is 12.4. The lowest BCUT2D eigenvalue weighted by Crippen LogP contribution is -2.29. The van der Waals surface area contributed by atoms with Crippen LogP contribution in [0.4, 0.5) is 0 Å². The first-order chi connectivity index (χ1) is 11.1. The number of carbonyl (C=O) groups excluding carboxylic acids is 1. The Morgan fingerprint density at radius 1 is 1.26 bits per heavy atom. The van der Waals surface area contributed by atoms with E-state index in [2.05, 4.69) is 29.0 Å². The molecule has 2 aliphatic heterocycles. The molecule has 3 heterocycles. The van der Waals surface area contributed by atoms with Crippen LogP contribution in [0.2, 0.25) is 0 Å². The largest absolute Gasteiger partial charge is 0.373 e. The molecule has 2 fully saturated rings. The molecule has 23 heavy (non-hydrogen) atoms. The van der Waals surface area contributed by atoms with Crippen molar-refractivity contribution in [3.63, 3.8) is 0 Å². The Balaban J connectivity index is 1.58. The van der Waals surface area contributed by atoms with Gasteiger partial charge in [-0.2, -0.15) is 0 Å².